The molecule has 0 bridgehead atoms. The van der Waals surface area contributed by atoms with E-state index in [2.05, 4.69) is 60.7 Å². The van der Waals surface area contributed by atoms with E-state index in [-0.39, 0.29) is 0 Å². The van der Waals surface area contributed by atoms with Gasteiger partial charge >= 0.3 is 7.48 Å². The van der Waals surface area contributed by atoms with Gasteiger partial charge in [0.1, 0.15) is 11.2 Å². The molecule has 5 aromatic carbocycles. The number of fused-ring (bicyclic) bond motifs is 9. The van der Waals surface area contributed by atoms with Crippen LogP contribution in [0.15, 0.2) is 83.3 Å². The number of hydrogen-bond donors (Lipinski definition) is 1. The van der Waals surface area contributed by atoms with Gasteiger partial charge in [-0.15, -0.1) is 0 Å². The Labute approximate surface area is 155 Å². The van der Waals surface area contributed by atoms with Gasteiger partial charge in [-0.3, -0.25) is 0 Å². The molecule has 2 nitrogen and oxygen atoms in total. The summed E-state index contributed by atoms with van der Waals surface area (Å²) in [5.74, 6) is 0. The fourth-order valence-electron chi connectivity index (χ4n) is 4.32. The molecule has 0 fully saturated rings. The second-order valence-electron chi connectivity index (χ2n) is 6.94. The van der Waals surface area contributed by atoms with Gasteiger partial charge in [0.25, 0.3) is 0 Å². The lowest BCUT2D eigenvalue weighted by Crippen LogP contribution is -2.12. The van der Waals surface area contributed by atoms with Gasteiger partial charge in [-0.05, 0) is 49.9 Å². The number of hydrogen-bond acceptors (Lipinski definition) is 2. The fourth-order valence-corrected chi connectivity index (χ4v) is 4.32. The van der Waals surface area contributed by atoms with E-state index in [4.69, 9.17) is 4.42 Å². The molecule has 0 aliphatic rings. The van der Waals surface area contributed by atoms with Crippen LogP contribution in [0.5, 0.6) is 0 Å². The lowest BCUT2D eigenvalue weighted by atomic mass is 9.87. The molecule has 125 valence electrons. The first kappa shape index (κ1) is 14.8. The van der Waals surface area contributed by atoms with Crippen LogP contribution in [-0.2, 0) is 0 Å². The van der Waals surface area contributed by atoms with Crippen LogP contribution in [-0.4, -0.2) is 12.5 Å². The molecular weight excluding hydrogens is 331 g/mol. The van der Waals surface area contributed by atoms with Crippen molar-refractivity contribution in [3.63, 3.8) is 0 Å². The Bertz CT molecular complexity index is 1510. The molecule has 0 spiro atoms. The van der Waals surface area contributed by atoms with Crippen molar-refractivity contribution in [3.05, 3.63) is 78.9 Å². The summed E-state index contributed by atoms with van der Waals surface area (Å²) in [6.45, 7) is 0. The number of para-hydroxylation sites is 1. The lowest BCUT2D eigenvalue weighted by molar-refractivity contribution is 0.613. The average molecular weight is 345 g/mol. The number of rotatable bonds is 1. The smallest absolute Gasteiger partial charge is 0.330 e. The Hall–Kier alpha value is -3.30. The number of benzene rings is 5. The topological polar surface area (TPSA) is 33.4 Å². The molecule has 0 aliphatic carbocycles. The molecule has 6 aromatic rings. The van der Waals surface area contributed by atoms with Crippen molar-refractivity contribution in [3.8, 4) is 0 Å². The van der Waals surface area contributed by atoms with E-state index in [9.17, 15) is 5.02 Å². The van der Waals surface area contributed by atoms with Gasteiger partial charge in [0.15, 0.2) is 0 Å². The van der Waals surface area contributed by atoms with Gasteiger partial charge < -0.3 is 9.44 Å². The largest absolute Gasteiger partial charge is 0.457 e. The number of furan rings is 1. The second-order valence-corrected chi connectivity index (χ2v) is 6.94. The van der Waals surface area contributed by atoms with Gasteiger partial charge in [-0.25, -0.2) is 0 Å². The van der Waals surface area contributed by atoms with Crippen molar-refractivity contribution < 1.29 is 9.44 Å². The zero-order valence-electron chi connectivity index (χ0n) is 14.4. The third kappa shape index (κ3) is 1.95. The van der Waals surface area contributed by atoms with Crippen LogP contribution in [0.25, 0.3) is 54.3 Å². The minimum Gasteiger partial charge on any atom is -0.457 e. The van der Waals surface area contributed by atoms with Crippen molar-refractivity contribution in [2.45, 2.75) is 0 Å². The van der Waals surface area contributed by atoms with E-state index >= 15 is 0 Å². The van der Waals surface area contributed by atoms with Crippen LogP contribution in [0.2, 0.25) is 0 Å². The summed E-state index contributed by atoms with van der Waals surface area (Å²) in [6.07, 6.45) is 0. The first-order valence-corrected chi connectivity index (χ1v) is 9.01. The highest BCUT2D eigenvalue weighted by molar-refractivity contribution is 6.50. The molecule has 1 heterocycles. The van der Waals surface area contributed by atoms with Crippen LogP contribution in [0.3, 0.4) is 0 Å². The summed E-state index contributed by atoms with van der Waals surface area (Å²) >= 11 is 0. The Morgan fingerprint density at radius 2 is 1.11 bits per heavy atom. The minimum absolute atomic E-state index is 0.697. The van der Waals surface area contributed by atoms with E-state index < -0.39 is 0 Å². The molecule has 27 heavy (non-hydrogen) atoms. The quantitative estimate of drug-likeness (QED) is 0.325. The maximum atomic E-state index is 9.55. The van der Waals surface area contributed by atoms with E-state index in [1.54, 1.807) is 0 Å². The molecule has 0 aliphatic heterocycles. The highest BCUT2D eigenvalue weighted by Crippen LogP contribution is 2.39. The van der Waals surface area contributed by atoms with Gasteiger partial charge in [-0.1, -0.05) is 66.7 Å². The first-order chi connectivity index (χ1) is 13.3. The molecule has 0 unspecified atom stereocenters. The summed E-state index contributed by atoms with van der Waals surface area (Å²) in [7, 11) is 1.11. The fraction of sp³-hybridized carbons (Fsp3) is 0. The van der Waals surface area contributed by atoms with E-state index in [0.717, 1.165) is 29.4 Å². The predicted octanol–water partition coefficient (Wildman–Crippen LogP) is 5.28. The zero-order valence-corrected chi connectivity index (χ0v) is 14.4. The Balaban J connectivity index is 1.91. The van der Waals surface area contributed by atoms with Gasteiger partial charge in [0.2, 0.25) is 0 Å². The van der Waals surface area contributed by atoms with E-state index in [1.165, 1.54) is 32.3 Å². The van der Waals surface area contributed by atoms with Crippen LogP contribution in [0.1, 0.15) is 0 Å². The normalized spacial score (nSPS) is 11.9. The Morgan fingerprint density at radius 3 is 1.74 bits per heavy atom. The summed E-state index contributed by atoms with van der Waals surface area (Å²) < 4.78 is 6.15. The van der Waals surface area contributed by atoms with Crippen molar-refractivity contribution in [1.29, 1.82) is 0 Å². The Morgan fingerprint density at radius 1 is 0.556 bits per heavy atom. The zero-order chi connectivity index (χ0) is 18.0. The molecule has 6 rings (SSSR count). The lowest BCUT2D eigenvalue weighted by Gasteiger charge is -2.10. The maximum absolute atomic E-state index is 9.55. The SMILES string of the molecule is O[B]c1cccc2c1oc1cc3c4ccccc4c4ccccc4c3cc12. The van der Waals surface area contributed by atoms with Gasteiger partial charge in [0.05, 0.1) is 0 Å². The monoisotopic (exact) mass is 345 g/mol. The minimum atomic E-state index is 0.697. The standard InChI is InChI=1S/C24H14BO2/c26-25-22-11-5-10-18-21-12-19-16-8-3-1-6-14(16)15-7-2-4-9-17(15)20(19)13-23(21)27-24(18)22/h1-13,26H. The molecule has 3 heteroatoms. The molecule has 1 radical (unpaired) electrons. The second kappa shape index (κ2) is 5.35. The van der Waals surface area contributed by atoms with Crippen LogP contribution < -0.4 is 5.46 Å². The molecular formula is C24H14BO2. The highest BCUT2D eigenvalue weighted by atomic mass is 16.3. The molecule has 0 atom stereocenters. The summed E-state index contributed by atoms with van der Waals surface area (Å²) in [5, 5.41) is 19.0. The van der Waals surface area contributed by atoms with E-state index in [0.29, 0.717) is 5.46 Å². The van der Waals surface area contributed by atoms with Crippen molar-refractivity contribution in [1.82, 2.24) is 0 Å². The van der Waals surface area contributed by atoms with Gasteiger partial charge in [-0.2, -0.15) is 0 Å². The van der Waals surface area contributed by atoms with Crippen molar-refractivity contribution >= 4 is 67.2 Å². The molecule has 0 amide bonds. The highest BCUT2D eigenvalue weighted by Gasteiger charge is 2.14. The third-order valence-electron chi connectivity index (χ3n) is 5.53. The van der Waals surface area contributed by atoms with Crippen LogP contribution in [0, 0.1) is 0 Å². The molecule has 1 N–H and O–H groups in total. The molecule has 0 saturated carbocycles. The molecule has 0 saturated heterocycles. The van der Waals surface area contributed by atoms with Crippen LogP contribution in [0.4, 0.5) is 0 Å². The Kier molecular flexibility index (Phi) is 2.94. The third-order valence-corrected chi connectivity index (χ3v) is 5.53. The van der Waals surface area contributed by atoms with Crippen molar-refractivity contribution in [2.75, 3.05) is 0 Å². The van der Waals surface area contributed by atoms with Crippen molar-refractivity contribution in [2.24, 2.45) is 0 Å². The first-order valence-electron chi connectivity index (χ1n) is 9.01. The summed E-state index contributed by atoms with van der Waals surface area (Å²) in [5.41, 5.74) is 2.26. The summed E-state index contributed by atoms with van der Waals surface area (Å²) in [6, 6.07) is 27.3. The average Bonchev–Trinajstić information content (AvgIpc) is 3.10. The predicted molar refractivity (Wildman–Crippen MR) is 114 cm³/mol. The van der Waals surface area contributed by atoms with E-state index in [1.807, 2.05) is 18.2 Å². The maximum Gasteiger partial charge on any atom is 0.330 e. The van der Waals surface area contributed by atoms with Crippen LogP contribution >= 0.6 is 0 Å². The molecule has 1 aromatic heterocycles. The summed E-state index contributed by atoms with van der Waals surface area (Å²) in [4.78, 5) is 0. The van der Waals surface area contributed by atoms with Gasteiger partial charge in [0, 0.05) is 10.8 Å².